The number of nitro benzene ring substituents is 3. The Kier molecular flexibility index (Phi) is 17.5. The average molecular weight is 972 g/mol. The fourth-order valence-electron chi connectivity index (χ4n) is 6.99. The van der Waals surface area contributed by atoms with Gasteiger partial charge in [-0.25, -0.2) is 25.3 Å². The highest BCUT2D eigenvalue weighted by molar-refractivity contribution is 7.89. The summed E-state index contributed by atoms with van der Waals surface area (Å²) in [5.74, 6) is -0.240. The number of aromatic amines is 1. The molecule has 0 fully saturated rings. The molecule has 1 heterocycles. The topological polar surface area (TPSA) is 312 Å². The molecule has 0 unspecified atom stereocenters. The van der Waals surface area contributed by atoms with Crippen LogP contribution in [0.25, 0.3) is 10.9 Å². The fourth-order valence-corrected chi connectivity index (χ4v) is 11.5. The van der Waals surface area contributed by atoms with E-state index in [9.17, 15) is 60.4 Å². The van der Waals surface area contributed by atoms with E-state index in [0.717, 1.165) is 102 Å². The van der Waals surface area contributed by atoms with Gasteiger partial charge < -0.3 is 16.0 Å². The van der Waals surface area contributed by atoms with Crippen molar-refractivity contribution in [3.8, 4) is 0 Å². The van der Waals surface area contributed by atoms with Crippen LogP contribution in [0.5, 0.6) is 0 Å². The van der Waals surface area contributed by atoms with E-state index in [1.807, 2.05) is 24.3 Å². The maximum Gasteiger partial charge on any atom is 0.269 e. The van der Waals surface area contributed by atoms with Gasteiger partial charge in [0, 0.05) is 99.3 Å². The summed E-state index contributed by atoms with van der Waals surface area (Å²) in [4.78, 5) is 46.9. The summed E-state index contributed by atoms with van der Waals surface area (Å²) >= 11 is 0. The summed E-state index contributed by atoms with van der Waals surface area (Å²) in [6.07, 6.45) is 2.54. The Hall–Kier alpha value is -6.22. The number of rotatable bonds is 27. The lowest BCUT2D eigenvalue weighted by molar-refractivity contribution is -0.385. The number of carbonyl (C=O) groups excluding carboxylic acids is 1. The third kappa shape index (κ3) is 13.0. The zero-order valence-corrected chi connectivity index (χ0v) is 38.0. The van der Waals surface area contributed by atoms with Crippen LogP contribution in [0.3, 0.4) is 0 Å². The molecule has 25 heteroatoms. The molecule has 5 rings (SSSR count). The molecule has 0 aliphatic carbocycles. The van der Waals surface area contributed by atoms with Gasteiger partial charge in [-0.2, -0.15) is 12.9 Å². The summed E-state index contributed by atoms with van der Waals surface area (Å²) in [5, 5.41) is 37.6. The van der Waals surface area contributed by atoms with Crippen molar-refractivity contribution in [2.24, 2.45) is 5.73 Å². The molecule has 4 N–H and O–H groups in total. The zero-order chi connectivity index (χ0) is 48.1. The number of nitro groups is 3. The minimum absolute atomic E-state index is 0.0613. The minimum atomic E-state index is -4.44. The third-order valence-corrected chi connectivity index (χ3v) is 16.2. The van der Waals surface area contributed by atoms with Crippen LogP contribution in [-0.2, 0) is 41.3 Å². The van der Waals surface area contributed by atoms with Crippen molar-refractivity contribution in [2.45, 2.75) is 53.2 Å². The number of carbonyl (C=O) groups is 1. The molecule has 0 aliphatic rings. The Labute approximate surface area is 381 Å². The molecule has 0 bridgehead atoms. The lowest BCUT2D eigenvalue weighted by Gasteiger charge is -2.27. The van der Waals surface area contributed by atoms with Crippen molar-refractivity contribution in [3.05, 3.63) is 139 Å². The smallest absolute Gasteiger partial charge is 0.269 e. The van der Waals surface area contributed by atoms with E-state index in [2.05, 4.69) is 10.3 Å². The molecule has 0 aliphatic heterocycles. The summed E-state index contributed by atoms with van der Waals surface area (Å²) in [7, 11) is -13.0. The van der Waals surface area contributed by atoms with E-state index in [-0.39, 0.29) is 122 Å². The first-order valence-corrected chi connectivity index (χ1v) is 24.9. The van der Waals surface area contributed by atoms with Gasteiger partial charge in [0.15, 0.2) is 0 Å². The summed E-state index contributed by atoms with van der Waals surface area (Å²) < 4.78 is 87.0. The van der Waals surface area contributed by atoms with Gasteiger partial charge in [-0.3, -0.25) is 35.1 Å². The first-order chi connectivity index (χ1) is 31.4. The molecule has 0 saturated carbocycles. The van der Waals surface area contributed by atoms with Crippen molar-refractivity contribution in [1.82, 2.24) is 23.2 Å². The number of hydrogen-bond acceptors (Lipinski definition) is 14. The molecule has 1 amide bonds. The SMILES string of the molecule is NCCCN(CCCN(CCCN(CCCCNC(=O)Cc1c[nH]c2ccccc12)S(=O)(=O)c1ccc([N+](=O)[O-])cc1)S(=O)(=O)c1ccc([N+](=O)[O-])cc1)S(=O)(=O)c1ccc([N+](=O)[O-])cc1. The normalized spacial score (nSPS) is 12.2. The molecule has 4 aromatic carbocycles. The van der Waals surface area contributed by atoms with Crippen molar-refractivity contribution in [3.63, 3.8) is 0 Å². The van der Waals surface area contributed by atoms with Gasteiger partial charge in [0.05, 0.1) is 35.9 Å². The number of sulfonamides is 3. The Morgan fingerprint density at radius 2 is 0.924 bits per heavy atom. The van der Waals surface area contributed by atoms with Crippen LogP contribution in [0.2, 0.25) is 0 Å². The maximum absolute atomic E-state index is 14.1. The van der Waals surface area contributed by atoms with Crippen molar-refractivity contribution >= 4 is 63.9 Å². The Balaban J connectivity index is 1.32. The van der Waals surface area contributed by atoms with E-state index < -0.39 is 44.8 Å². The number of H-pyrrole nitrogens is 1. The number of amides is 1. The van der Waals surface area contributed by atoms with Crippen LogP contribution in [0, 0.1) is 30.3 Å². The molecule has 1 aromatic heterocycles. The first-order valence-electron chi connectivity index (χ1n) is 20.6. The third-order valence-electron chi connectivity index (χ3n) is 10.5. The quantitative estimate of drug-likeness (QED) is 0.0370. The molecule has 0 saturated heterocycles. The van der Waals surface area contributed by atoms with Gasteiger partial charge in [0.25, 0.3) is 17.1 Å². The van der Waals surface area contributed by atoms with E-state index in [1.165, 1.54) is 0 Å². The van der Waals surface area contributed by atoms with Crippen molar-refractivity contribution in [1.29, 1.82) is 0 Å². The van der Waals surface area contributed by atoms with E-state index in [4.69, 9.17) is 5.73 Å². The molecular weight excluding hydrogens is 923 g/mol. The second-order valence-electron chi connectivity index (χ2n) is 14.9. The molecule has 0 spiro atoms. The predicted octanol–water partition coefficient (Wildman–Crippen LogP) is 4.53. The first kappa shape index (κ1) is 50.8. The number of aromatic nitrogens is 1. The summed E-state index contributed by atoms with van der Waals surface area (Å²) in [6.45, 7) is -0.852. The second-order valence-corrected chi connectivity index (χ2v) is 20.7. The number of nitrogens with zero attached hydrogens (tertiary/aromatic N) is 6. The van der Waals surface area contributed by atoms with Crippen LogP contribution in [0.4, 0.5) is 17.1 Å². The lowest BCUT2D eigenvalue weighted by Crippen LogP contribution is -2.39. The Morgan fingerprint density at radius 3 is 1.32 bits per heavy atom. The highest BCUT2D eigenvalue weighted by Crippen LogP contribution is 2.25. The molecule has 66 heavy (non-hydrogen) atoms. The highest BCUT2D eigenvalue weighted by atomic mass is 32.2. The number of unbranched alkanes of at least 4 members (excludes halogenated alkanes) is 1. The Bertz CT molecular complexity index is 2830. The maximum atomic E-state index is 14.1. The van der Waals surface area contributed by atoms with Crippen LogP contribution >= 0.6 is 0 Å². The molecule has 0 atom stereocenters. The number of benzene rings is 4. The van der Waals surface area contributed by atoms with Crippen molar-refractivity contribution in [2.75, 3.05) is 52.4 Å². The van der Waals surface area contributed by atoms with Gasteiger partial charge in [-0.15, -0.1) is 0 Å². The number of non-ortho nitro benzene ring substituents is 3. The molecule has 22 nitrogen and oxygen atoms in total. The van der Waals surface area contributed by atoms with E-state index in [1.54, 1.807) is 6.20 Å². The van der Waals surface area contributed by atoms with Crippen LogP contribution in [0.1, 0.15) is 37.7 Å². The van der Waals surface area contributed by atoms with Gasteiger partial charge in [0.2, 0.25) is 36.0 Å². The summed E-state index contributed by atoms with van der Waals surface area (Å²) in [6, 6.07) is 20.2. The van der Waals surface area contributed by atoms with Crippen LogP contribution < -0.4 is 11.1 Å². The number of nitrogens with two attached hydrogens (primary N) is 1. The minimum Gasteiger partial charge on any atom is -0.361 e. The number of para-hydroxylation sites is 1. The number of hydrogen-bond donors (Lipinski definition) is 3. The van der Waals surface area contributed by atoms with Gasteiger partial charge in [-0.05, 0) is 86.7 Å². The molecule has 5 aromatic rings. The molecule has 0 radical (unpaired) electrons. The molecule has 354 valence electrons. The average Bonchev–Trinajstić information content (AvgIpc) is 3.70. The number of fused-ring (bicyclic) bond motifs is 1. The standard InChI is InChI=1S/C41H49N9O13S3/c42-22-5-25-46(65(60,61)37-18-12-34(13-19-37)49(54)55)27-7-29-47(66(62,63)38-20-14-35(15-21-38)50(56)57)28-6-26-45(64(58,59)36-16-10-33(11-17-36)48(52)53)24-4-3-23-43-41(51)30-32-31-44-40-9-2-1-8-39(32)40/h1-2,8-21,31,44H,3-7,22-30,42H2,(H,43,51). The van der Waals surface area contributed by atoms with Gasteiger partial charge >= 0.3 is 0 Å². The number of nitrogens with one attached hydrogen (secondary N) is 2. The largest absolute Gasteiger partial charge is 0.361 e. The predicted molar refractivity (Wildman–Crippen MR) is 243 cm³/mol. The van der Waals surface area contributed by atoms with Crippen molar-refractivity contribution < 1.29 is 44.8 Å². The van der Waals surface area contributed by atoms with Gasteiger partial charge in [-0.1, -0.05) is 18.2 Å². The second kappa shape index (κ2) is 22.8. The Morgan fingerprint density at radius 1 is 0.545 bits per heavy atom. The van der Waals surface area contributed by atoms with Crippen LogP contribution in [-0.4, -0.2) is 116 Å². The van der Waals surface area contributed by atoms with Crippen LogP contribution in [0.15, 0.2) is 118 Å². The zero-order valence-electron chi connectivity index (χ0n) is 35.5. The van der Waals surface area contributed by atoms with Gasteiger partial charge in [0.1, 0.15) is 0 Å². The van der Waals surface area contributed by atoms with E-state index >= 15 is 0 Å². The molecular formula is C41H49N9O13S3. The lowest BCUT2D eigenvalue weighted by atomic mass is 10.1. The fraction of sp³-hybridized carbons (Fsp3) is 0.341. The van der Waals surface area contributed by atoms with E-state index in [0.29, 0.717) is 6.42 Å². The highest BCUT2D eigenvalue weighted by Gasteiger charge is 2.30. The monoisotopic (exact) mass is 971 g/mol. The summed E-state index contributed by atoms with van der Waals surface area (Å²) in [5.41, 5.74) is 6.35.